The molecule has 0 saturated heterocycles. The molecule has 0 spiro atoms. The van der Waals surface area contributed by atoms with Gasteiger partial charge in [-0.3, -0.25) is 9.59 Å². The summed E-state index contributed by atoms with van der Waals surface area (Å²) in [6.45, 7) is 7.00. The topological polar surface area (TPSA) is 69.6 Å². The zero-order chi connectivity index (χ0) is 22.0. The number of amides is 1. The van der Waals surface area contributed by atoms with Gasteiger partial charge in [0.05, 0.1) is 24.8 Å². The fourth-order valence-electron chi connectivity index (χ4n) is 4.10. The second-order valence-corrected chi connectivity index (χ2v) is 7.94. The van der Waals surface area contributed by atoms with E-state index >= 15 is 0 Å². The van der Waals surface area contributed by atoms with Crippen LogP contribution < -0.4 is 14.8 Å². The number of ether oxygens (including phenoxy) is 2. The molecule has 2 heterocycles. The molecule has 6 heteroatoms. The number of nitrogens with one attached hydrogen (secondary N) is 1. The highest BCUT2D eigenvalue weighted by molar-refractivity contribution is 6.07. The van der Waals surface area contributed by atoms with E-state index in [2.05, 4.69) is 12.2 Å². The Bertz CT molecular complexity index is 1130. The Kier molecular flexibility index (Phi) is 5.98. The van der Waals surface area contributed by atoms with Gasteiger partial charge in [0, 0.05) is 23.6 Å². The van der Waals surface area contributed by atoms with Crippen LogP contribution in [0.25, 0.3) is 10.9 Å². The van der Waals surface area contributed by atoms with Crippen molar-refractivity contribution in [3.05, 3.63) is 59.3 Å². The van der Waals surface area contributed by atoms with Crippen molar-refractivity contribution in [3.63, 3.8) is 0 Å². The van der Waals surface area contributed by atoms with E-state index in [0.717, 1.165) is 40.6 Å². The standard InChI is InChI=1S/C25H28N2O4/c1-4-18-7-5-8-20-21(17(3)28)14-27(25(18)20)15-24(29)26-16(2)19-9-10-22-23(13-19)31-12-6-11-30-22/h5,7-10,13-14,16H,4,6,11-12,15H2,1-3H3,(H,26,29). The molecule has 0 aliphatic carbocycles. The molecule has 1 N–H and O–H groups in total. The minimum absolute atomic E-state index is 0.00187. The number of para-hydroxylation sites is 1. The largest absolute Gasteiger partial charge is 0.490 e. The van der Waals surface area contributed by atoms with E-state index in [0.29, 0.717) is 24.5 Å². The third-order valence-corrected chi connectivity index (χ3v) is 5.71. The van der Waals surface area contributed by atoms with Crippen LogP contribution in [0.4, 0.5) is 0 Å². The van der Waals surface area contributed by atoms with Gasteiger partial charge in [0.25, 0.3) is 0 Å². The van der Waals surface area contributed by atoms with Crippen molar-refractivity contribution >= 4 is 22.6 Å². The lowest BCUT2D eigenvalue weighted by atomic mass is 10.1. The summed E-state index contributed by atoms with van der Waals surface area (Å²) in [5.74, 6) is 1.34. The summed E-state index contributed by atoms with van der Waals surface area (Å²) in [6, 6.07) is 11.5. The number of hydrogen-bond donors (Lipinski definition) is 1. The van der Waals surface area contributed by atoms with Gasteiger partial charge >= 0.3 is 0 Å². The number of aromatic nitrogens is 1. The molecule has 162 valence electrons. The van der Waals surface area contributed by atoms with Gasteiger partial charge in [-0.2, -0.15) is 0 Å². The molecule has 31 heavy (non-hydrogen) atoms. The van der Waals surface area contributed by atoms with Crippen LogP contribution >= 0.6 is 0 Å². The van der Waals surface area contributed by atoms with Crippen molar-refractivity contribution in [2.24, 2.45) is 0 Å². The van der Waals surface area contributed by atoms with Gasteiger partial charge in [-0.15, -0.1) is 0 Å². The first kappa shape index (κ1) is 21.0. The number of nitrogens with zero attached hydrogens (tertiary/aromatic N) is 1. The van der Waals surface area contributed by atoms with E-state index in [1.54, 1.807) is 13.1 Å². The van der Waals surface area contributed by atoms with Crippen LogP contribution in [0.15, 0.2) is 42.6 Å². The fourth-order valence-corrected chi connectivity index (χ4v) is 4.10. The molecular formula is C25H28N2O4. The van der Waals surface area contributed by atoms with Crippen LogP contribution in [0.3, 0.4) is 0 Å². The Balaban J connectivity index is 1.54. The highest BCUT2D eigenvalue weighted by Gasteiger charge is 2.18. The van der Waals surface area contributed by atoms with Gasteiger partial charge in [-0.1, -0.05) is 31.2 Å². The maximum absolute atomic E-state index is 12.9. The van der Waals surface area contributed by atoms with Crippen molar-refractivity contribution in [1.29, 1.82) is 0 Å². The van der Waals surface area contributed by atoms with Crippen molar-refractivity contribution in [1.82, 2.24) is 9.88 Å². The minimum Gasteiger partial charge on any atom is -0.490 e. The lowest BCUT2D eigenvalue weighted by Gasteiger charge is -2.17. The number of benzene rings is 2. The van der Waals surface area contributed by atoms with Gasteiger partial charge in [0.2, 0.25) is 5.91 Å². The molecule has 1 atom stereocenters. The van der Waals surface area contributed by atoms with Gasteiger partial charge < -0.3 is 19.4 Å². The zero-order valence-corrected chi connectivity index (χ0v) is 18.2. The smallest absolute Gasteiger partial charge is 0.240 e. The number of carbonyl (C=O) groups excluding carboxylic acids is 2. The number of hydrogen-bond acceptors (Lipinski definition) is 4. The Labute approximate surface area is 182 Å². The molecule has 6 nitrogen and oxygen atoms in total. The lowest BCUT2D eigenvalue weighted by molar-refractivity contribution is -0.122. The fraction of sp³-hybridized carbons (Fsp3) is 0.360. The van der Waals surface area contributed by atoms with Gasteiger partial charge in [-0.05, 0) is 43.5 Å². The third kappa shape index (κ3) is 4.29. The summed E-state index contributed by atoms with van der Waals surface area (Å²) >= 11 is 0. The predicted octanol–water partition coefficient (Wildman–Crippen LogP) is 4.45. The molecule has 0 bridgehead atoms. The summed E-state index contributed by atoms with van der Waals surface area (Å²) in [5.41, 5.74) is 3.67. The molecule has 1 aliphatic rings. The van der Waals surface area contributed by atoms with Crippen molar-refractivity contribution in [2.75, 3.05) is 13.2 Å². The second kappa shape index (κ2) is 8.84. The summed E-state index contributed by atoms with van der Waals surface area (Å²) in [5, 5.41) is 3.97. The second-order valence-electron chi connectivity index (χ2n) is 7.94. The average Bonchev–Trinajstić information content (AvgIpc) is 2.96. The molecule has 0 saturated carbocycles. The third-order valence-electron chi connectivity index (χ3n) is 5.71. The van der Waals surface area contributed by atoms with Crippen molar-refractivity contribution in [2.45, 2.75) is 46.2 Å². The average molecular weight is 421 g/mol. The van der Waals surface area contributed by atoms with Crippen LogP contribution in [-0.2, 0) is 17.8 Å². The van der Waals surface area contributed by atoms with E-state index in [4.69, 9.17) is 9.47 Å². The first-order valence-electron chi connectivity index (χ1n) is 10.8. The number of Topliss-reactive ketones (excluding diaryl/α,β-unsaturated/α-hetero) is 1. The van der Waals surface area contributed by atoms with Crippen molar-refractivity contribution < 1.29 is 19.1 Å². The predicted molar refractivity (Wildman–Crippen MR) is 120 cm³/mol. The molecule has 0 fully saturated rings. The van der Waals surface area contributed by atoms with E-state index in [-0.39, 0.29) is 24.3 Å². The lowest BCUT2D eigenvalue weighted by Crippen LogP contribution is -2.30. The number of rotatable bonds is 6. The summed E-state index contributed by atoms with van der Waals surface area (Å²) in [6.07, 6.45) is 3.47. The molecule has 0 radical (unpaired) electrons. The molecule has 1 amide bonds. The van der Waals surface area contributed by atoms with E-state index in [1.165, 1.54) is 0 Å². The summed E-state index contributed by atoms with van der Waals surface area (Å²) in [4.78, 5) is 25.0. The SMILES string of the molecule is CCc1cccc2c(C(C)=O)cn(CC(=O)NC(C)c3ccc4c(c3)OCCCO4)c12. The van der Waals surface area contributed by atoms with Gasteiger partial charge in [0.15, 0.2) is 17.3 Å². The quantitative estimate of drug-likeness (QED) is 0.599. The van der Waals surface area contributed by atoms with Crippen LogP contribution in [0.2, 0.25) is 0 Å². The highest BCUT2D eigenvalue weighted by Crippen LogP contribution is 2.32. The number of aryl methyl sites for hydroxylation is 1. The number of carbonyl (C=O) groups is 2. The van der Waals surface area contributed by atoms with E-state index < -0.39 is 0 Å². The molecule has 4 rings (SSSR count). The Morgan fingerprint density at radius 3 is 2.65 bits per heavy atom. The van der Waals surface area contributed by atoms with E-state index in [9.17, 15) is 9.59 Å². The Morgan fingerprint density at radius 1 is 1.13 bits per heavy atom. The van der Waals surface area contributed by atoms with Crippen LogP contribution in [0.5, 0.6) is 11.5 Å². The van der Waals surface area contributed by atoms with Crippen molar-refractivity contribution in [3.8, 4) is 11.5 Å². The molecular weight excluding hydrogens is 392 g/mol. The number of ketones is 1. The maximum Gasteiger partial charge on any atom is 0.240 e. The Morgan fingerprint density at radius 2 is 1.90 bits per heavy atom. The molecule has 1 aliphatic heterocycles. The van der Waals surface area contributed by atoms with Gasteiger partial charge in [-0.25, -0.2) is 0 Å². The monoisotopic (exact) mass is 420 g/mol. The first-order valence-corrected chi connectivity index (χ1v) is 10.8. The number of fused-ring (bicyclic) bond motifs is 2. The van der Waals surface area contributed by atoms with Crippen LogP contribution in [-0.4, -0.2) is 29.5 Å². The van der Waals surface area contributed by atoms with Crippen LogP contribution in [0, 0.1) is 0 Å². The summed E-state index contributed by atoms with van der Waals surface area (Å²) in [7, 11) is 0. The molecule has 1 unspecified atom stereocenters. The molecule has 1 aromatic heterocycles. The summed E-state index contributed by atoms with van der Waals surface area (Å²) < 4.78 is 13.3. The highest BCUT2D eigenvalue weighted by atomic mass is 16.5. The van der Waals surface area contributed by atoms with E-state index in [1.807, 2.05) is 47.9 Å². The molecule has 2 aromatic carbocycles. The first-order chi connectivity index (χ1) is 15.0. The minimum atomic E-state index is -0.190. The van der Waals surface area contributed by atoms with Crippen LogP contribution in [0.1, 0.15) is 54.7 Å². The molecule has 3 aromatic rings. The Hall–Kier alpha value is -3.28. The zero-order valence-electron chi connectivity index (χ0n) is 18.2. The maximum atomic E-state index is 12.9. The normalized spacial score (nSPS) is 14.2. The van der Waals surface area contributed by atoms with Gasteiger partial charge in [0.1, 0.15) is 6.54 Å².